The number of aromatic nitrogens is 2. The van der Waals surface area contributed by atoms with Crippen molar-refractivity contribution in [3.8, 4) is 17.0 Å². The van der Waals surface area contributed by atoms with Crippen LogP contribution in [0.4, 0.5) is 10.8 Å². The lowest BCUT2D eigenvalue weighted by atomic mass is 10.1. The molecule has 0 unspecified atom stereocenters. The highest BCUT2D eigenvalue weighted by molar-refractivity contribution is 7.14. The number of aryl methyl sites for hydroxylation is 1. The van der Waals surface area contributed by atoms with Gasteiger partial charge in [-0.15, -0.1) is 11.3 Å². The summed E-state index contributed by atoms with van der Waals surface area (Å²) in [6.07, 6.45) is 0. The van der Waals surface area contributed by atoms with Crippen LogP contribution in [0.2, 0.25) is 0 Å². The summed E-state index contributed by atoms with van der Waals surface area (Å²) in [6.45, 7) is 4.01. The van der Waals surface area contributed by atoms with Gasteiger partial charge >= 0.3 is 5.69 Å². The van der Waals surface area contributed by atoms with Crippen molar-refractivity contribution in [2.45, 2.75) is 13.8 Å². The summed E-state index contributed by atoms with van der Waals surface area (Å²) in [5, 5.41) is 17.3. The number of carbonyl (C=O) groups is 1. The first kappa shape index (κ1) is 19.6. The lowest BCUT2D eigenvalue weighted by Gasteiger charge is -2.06. The molecule has 0 fully saturated rings. The summed E-state index contributed by atoms with van der Waals surface area (Å²) in [5.41, 5.74) is 3.65. The summed E-state index contributed by atoms with van der Waals surface area (Å²) < 4.78 is 5.26. The fourth-order valence-corrected chi connectivity index (χ4v) is 4.00. The Morgan fingerprint density at radius 3 is 2.87 bits per heavy atom. The fraction of sp³-hybridized carbons (Fsp3) is 0.143. The number of nitro groups is 1. The minimum atomic E-state index is -0.566. The van der Waals surface area contributed by atoms with Crippen LogP contribution in [0.5, 0.6) is 5.75 Å². The quantitative estimate of drug-likeness (QED) is 0.329. The van der Waals surface area contributed by atoms with Gasteiger partial charge in [-0.05, 0) is 32.0 Å². The first-order chi connectivity index (χ1) is 14.5. The second kappa shape index (κ2) is 7.96. The molecule has 0 aliphatic carbocycles. The summed E-state index contributed by atoms with van der Waals surface area (Å²) >= 11 is 1.29. The average molecular weight is 422 g/mol. The molecule has 2 heterocycles. The lowest BCUT2D eigenvalue weighted by Crippen LogP contribution is -2.12. The van der Waals surface area contributed by atoms with Gasteiger partial charge in [0.1, 0.15) is 0 Å². The van der Waals surface area contributed by atoms with Crippen LogP contribution in [0.1, 0.15) is 23.0 Å². The Morgan fingerprint density at radius 2 is 2.10 bits per heavy atom. The van der Waals surface area contributed by atoms with Gasteiger partial charge in [0.05, 0.1) is 17.2 Å². The molecular weight excluding hydrogens is 404 g/mol. The Hall–Kier alpha value is -3.72. The Balaban J connectivity index is 1.60. The van der Waals surface area contributed by atoms with Crippen molar-refractivity contribution in [1.29, 1.82) is 0 Å². The minimum absolute atomic E-state index is 0.130. The Kier molecular flexibility index (Phi) is 5.20. The largest absolute Gasteiger partial charge is 0.487 e. The fourth-order valence-electron chi connectivity index (χ4n) is 3.30. The van der Waals surface area contributed by atoms with E-state index in [-0.39, 0.29) is 17.0 Å². The number of carbonyl (C=O) groups excluding carboxylic acids is 1. The molecule has 0 spiro atoms. The molecule has 4 rings (SSSR count). The van der Waals surface area contributed by atoms with Crippen molar-refractivity contribution in [2.24, 2.45) is 0 Å². The highest BCUT2D eigenvalue weighted by Gasteiger charge is 2.20. The summed E-state index contributed by atoms with van der Waals surface area (Å²) in [6, 6.07) is 12.1. The molecule has 1 amide bonds. The number of aromatic amines is 1. The van der Waals surface area contributed by atoms with E-state index in [0.717, 1.165) is 27.9 Å². The van der Waals surface area contributed by atoms with Gasteiger partial charge < -0.3 is 9.72 Å². The number of fused-ring (bicyclic) bond motifs is 1. The van der Waals surface area contributed by atoms with E-state index >= 15 is 0 Å². The Labute approximate surface area is 175 Å². The van der Waals surface area contributed by atoms with Gasteiger partial charge in [0, 0.05) is 39.2 Å². The third-order valence-corrected chi connectivity index (χ3v) is 5.35. The first-order valence-corrected chi connectivity index (χ1v) is 10.1. The SMILES string of the molecule is CCOc1ccc(C(=O)Nc2nc(-c3c(C)[nH]c4ccccc34)cs2)cc1[N+](=O)[O-]. The van der Waals surface area contributed by atoms with Crippen LogP contribution in [0.25, 0.3) is 22.2 Å². The number of para-hydroxylation sites is 1. The summed E-state index contributed by atoms with van der Waals surface area (Å²) in [5.74, 6) is -0.344. The van der Waals surface area contributed by atoms with Gasteiger partial charge in [-0.25, -0.2) is 4.98 Å². The number of H-pyrrole nitrogens is 1. The monoisotopic (exact) mass is 422 g/mol. The molecule has 2 aromatic carbocycles. The van der Waals surface area contributed by atoms with Gasteiger partial charge in [-0.1, -0.05) is 18.2 Å². The van der Waals surface area contributed by atoms with Gasteiger partial charge in [0.25, 0.3) is 5.91 Å². The number of hydrogen-bond acceptors (Lipinski definition) is 6. The highest BCUT2D eigenvalue weighted by Crippen LogP contribution is 2.34. The normalized spacial score (nSPS) is 10.9. The number of thiazole rings is 1. The van der Waals surface area contributed by atoms with Crippen molar-refractivity contribution in [3.05, 3.63) is 69.2 Å². The number of anilines is 1. The van der Waals surface area contributed by atoms with Gasteiger partial charge in [-0.3, -0.25) is 20.2 Å². The third kappa shape index (κ3) is 3.62. The molecule has 30 heavy (non-hydrogen) atoms. The third-order valence-electron chi connectivity index (χ3n) is 4.59. The number of amides is 1. The van der Waals surface area contributed by atoms with Crippen molar-refractivity contribution < 1.29 is 14.5 Å². The van der Waals surface area contributed by atoms with Crippen LogP contribution >= 0.6 is 11.3 Å². The van der Waals surface area contributed by atoms with Crippen LogP contribution in [0.3, 0.4) is 0 Å². The van der Waals surface area contributed by atoms with Gasteiger partial charge in [0.15, 0.2) is 10.9 Å². The zero-order chi connectivity index (χ0) is 21.3. The number of hydrogen-bond donors (Lipinski definition) is 2. The topological polar surface area (TPSA) is 110 Å². The summed E-state index contributed by atoms with van der Waals surface area (Å²) in [4.78, 5) is 31.2. The molecular formula is C21H18N4O4S. The molecule has 0 aliphatic heterocycles. The van der Waals surface area contributed by atoms with E-state index in [4.69, 9.17) is 4.74 Å². The van der Waals surface area contributed by atoms with E-state index in [1.165, 1.54) is 29.5 Å². The predicted molar refractivity (Wildman–Crippen MR) is 116 cm³/mol. The number of benzene rings is 2. The molecule has 4 aromatic rings. The first-order valence-electron chi connectivity index (χ1n) is 9.23. The Bertz CT molecular complexity index is 1260. The maximum Gasteiger partial charge on any atom is 0.311 e. The van der Waals surface area contributed by atoms with E-state index in [9.17, 15) is 14.9 Å². The molecule has 0 bridgehead atoms. The van der Waals surface area contributed by atoms with Crippen LogP contribution in [-0.2, 0) is 0 Å². The van der Waals surface area contributed by atoms with Crippen molar-refractivity contribution in [2.75, 3.05) is 11.9 Å². The Morgan fingerprint density at radius 1 is 1.30 bits per heavy atom. The molecule has 0 aliphatic rings. The molecule has 2 aromatic heterocycles. The van der Waals surface area contributed by atoms with Crippen molar-refractivity contribution >= 4 is 39.0 Å². The van der Waals surface area contributed by atoms with Crippen molar-refractivity contribution in [1.82, 2.24) is 9.97 Å². The van der Waals surface area contributed by atoms with E-state index in [1.54, 1.807) is 6.92 Å². The number of rotatable bonds is 6. The zero-order valence-corrected chi connectivity index (χ0v) is 17.1. The van der Waals surface area contributed by atoms with Gasteiger partial charge in [0.2, 0.25) is 0 Å². The van der Waals surface area contributed by atoms with Crippen molar-refractivity contribution in [3.63, 3.8) is 0 Å². The lowest BCUT2D eigenvalue weighted by molar-refractivity contribution is -0.385. The average Bonchev–Trinajstić information content (AvgIpc) is 3.31. The van der Waals surface area contributed by atoms with E-state index < -0.39 is 10.8 Å². The molecule has 152 valence electrons. The van der Waals surface area contributed by atoms with Crippen LogP contribution < -0.4 is 10.1 Å². The van der Waals surface area contributed by atoms with E-state index in [0.29, 0.717) is 11.7 Å². The number of nitrogens with zero attached hydrogens (tertiary/aromatic N) is 2. The smallest absolute Gasteiger partial charge is 0.311 e. The second-order valence-corrected chi connectivity index (χ2v) is 7.39. The molecule has 0 atom stereocenters. The van der Waals surface area contributed by atoms with E-state index in [1.807, 2.05) is 36.6 Å². The maximum absolute atomic E-state index is 12.6. The van der Waals surface area contributed by atoms with E-state index in [2.05, 4.69) is 15.3 Å². The highest BCUT2D eigenvalue weighted by atomic mass is 32.1. The second-order valence-electron chi connectivity index (χ2n) is 6.54. The molecule has 0 saturated carbocycles. The number of ether oxygens (including phenoxy) is 1. The maximum atomic E-state index is 12.6. The number of nitro benzene ring substituents is 1. The molecule has 9 heteroatoms. The minimum Gasteiger partial charge on any atom is -0.487 e. The molecule has 2 N–H and O–H groups in total. The molecule has 0 saturated heterocycles. The van der Waals surface area contributed by atoms with Crippen LogP contribution in [0.15, 0.2) is 47.8 Å². The zero-order valence-electron chi connectivity index (χ0n) is 16.3. The molecule has 8 nitrogen and oxygen atoms in total. The van der Waals surface area contributed by atoms with Crippen LogP contribution in [0, 0.1) is 17.0 Å². The number of nitrogens with one attached hydrogen (secondary N) is 2. The summed E-state index contributed by atoms with van der Waals surface area (Å²) in [7, 11) is 0. The standard InChI is InChI=1S/C21H18N4O4S/c1-3-29-18-9-8-13(10-17(18)25(27)28)20(26)24-21-23-16(11-30-21)19-12(2)22-15-7-5-4-6-14(15)19/h4-11,22H,3H2,1-2H3,(H,23,24,26). The predicted octanol–water partition coefficient (Wildman–Crippen LogP) is 5.16. The molecule has 0 radical (unpaired) electrons. The van der Waals surface area contributed by atoms with Crippen LogP contribution in [-0.4, -0.2) is 27.4 Å². The van der Waals surface area contributed by atoms with Gasteiger partial charge in [-0.2, -0.15) is 0 Å².